The average Bonchev–Trinajstić information content (AvgIpc) is 2.15. The van der Waals surface area contributed by atoms with Crippen LogP contribution >= 0.6 is 0 Å². The summed E-state index contributed by atoms with van der Waals surface area (Å²) in [4.78, 5) is 9.82. The van der Waals surface area contributed by atoms with E-state index in [1.807, 2.05) is 0 Å². The largest absolute Gasteiger partial charge is 1.00 e. The molecule has 0 fully saturated rings. The summed E-state index contributed by atoms with van der Waals surface area (Å²) in [6, 6.07) is 3.60. The molecule has 7 heteroatoms. The minimum Gasteiger partial charge on any atom is -0.744 e. The molecule has 1 aromatic rings. The number of benzene rings is 1. The summed E-state index contributed by atoms with van der Waals surface area (Å²) >= 11 is 0. The number of aldehydes is 1. The number of hydrogen-bond acceptors (Lipinski definition) is 5. The van der Waals surface area contributed by atoms with E-state index in [9.17, 15) is 17.8 Å². The number of rotatable bonds is 3. The smallest absolute Gasteiger partial charge is 0.744 e. The molecular formula is C8H7NaO5S. The first-order valence-corrected chi connectivity index (χ1v) is 4.99. The summed E-state index contributed by atoms with van der Waals surface area (Å²) in [5, 5.41) is 0. The zero-order chi connectivity index (χ0) is 10.8. The van der Waals surface area contributed by atoms with Crippen molar-refractivity contribution in [2.45, 2.75) is 4.90 Å². The van der Waals surface area contributed by atoms with Gasteiger partial charge in [-0.3, -0.25) is 4.79 Å². The molecule has 0 aliphatic rings. The summed E-state index contributed by atoms with van der Waals surface area (Å²) in [5.41, 5.74) is 0.111. The normalized spacial score (nSPS) is 10.3. The van der Waals surface area contributed by atoms with Crippen LogP contribution in [0, 0.1) is 0 Å². The minimum atomic E-state index is -4.61. The molecular weight excluding hydrogens is 231 g/mol. The number of carbonyl (C=O) groups excluding carboxylic acids is 1. The summed E-state index contributed by atoms with van der Waals surface area (Å²) in [7, 11) is -3.37. The summed E-state index contributed by atoms with van der Waals surface area (Å²) in [5.74, 6) is -0.0643. The number of methoxy groups -OCH3 is 1. The van der Waals surface area contributed by atoms with Crippen molar-refractivity contribution in [1.29, 1.82) is 0 Å². The fourth-order valence-corrected chi connectivity index (χ4v) is 1.64. The van der Waals surface area contributed by atoms with E-state index in [4.69, 9.17) is 0 Å². The second-order valence-corrected chi connectivity index (χ2v) is 3.83. The van der Waals surface area contributed by atoms with Crippen molar-refractivity contribution < 1.29 is 52.1 Å². The van der Waals surface area contributed by atoms with Crippen molar-refractivity contribution in [1.82, 2.24) is 0 Å². The van der Waals surface area contributed by atoms with Gasteiger partial charge in [-0.2, -0.15) is 0 Å². The molecule has 0 saturated heterocycles. The summed E-state index contributed by atoms with van der Waals surface area (Å²) in [6.45, 7) is 0. The Balaban J connectivity index is 0.00000196. The minimum absolute atomic E-state index is 0. The van der Waals surface area contributed by atoms with Gasteiger partial charge in [-0.25, -0.2) is 8.42 Å². The molecule has 0 atom stereocenters. The zero-order valence-electron chi connectivity index (χ0n) is 8.26. The fraction of sp³-hybridized carbons (Fsp3) is 0.125. The Morgan fingerprint density at radius 3 is 2.40 bits per heavy atom. The molecule has 1 rings (SSSR count). The standard InChI is InChI=1S/C8H8O5S.Na/c1-13-7-3-2-6(5-9)4-8(7)14(10,11)12;/h2-5H,1H3,(H,10,11,12);/q;+1/p-1. The van der Waals surface area contributed by atoms with Crippen LogP contribution in [0.15, 0.2) is 23.1 Å². The van der Waals surface area contributed by atoms with Crippen molar-refractivity contribution in [3.63, 3.8) is 0 Å². The molecule has 5 nitrogen and oxygen atoms in total. The zero-order valence-corrected chi connectivity index (χ0v) is 11.1. The van der Waals surface area contributed by atoms with E-state index in [-0.39, 0.29) is 40.9 Å². The van der Waals surface area contributed by atoms with Gasteiger partial charge in [0.15, 0.2) is 0 Å². The van der Waals surface area contributed by atoms with E-state index in [0.717, 1.165) is 6.07 Å². The molecule has 15 heavy (non-hydrogen) atoms. The van der Waals surface area contributed by atoms with Crippen LogP contribution in [0.5, 0.6) is 5.75 Å². The Morgan fingerprint density at radius 2 is 2.00 bits per heavy atom. The van der Waals surface area contributed by atoms with E-state index in [1.54, 1.807) is 0 Å². The maximum absolute atomic E-state index is 10.7. The third kappa shape index (κ3) is 3.58. The molecule has 0 heterocycles. The molecule has 1 aromatic carbocycles. The molecule has 0 bridgehead atoms. The second kappa shape index (κ2) is 5.62. The number of ether oxygens (including phenoxy) is 1. The van der Waals surface area contributed by atoms with E-state index >= 15 is 0 Å². The van der Waals surface area contributed by atoms with E-state index in [0.29, 0.717) is 6.29 Å². The molecule has 0 radical (unpaired) electrons. The van der Waals surface area contributed by atoms with Crippen LogP contribution in [0.25, 0.3) is 0 Å². The van der Waals surface area contributed by atoms with Crippen LogP contribution < -0.4 is 34.3 Å². The van der Waals surface area contributed by atoms with Gasteiger partial charge in [0.25, 0.3) is 0 Å². The first-order valence-electron chi connectivity index (χ1n) is 3.58. The molecule has 0 aromatic heterocycles. The molecule has 0 amide bonds. The fourth-order valence-electron chi connectivity index (χ4n) is 0.962. The third-order valence-corrected chi connectivity index (χ3v) is 2.45. The van der Waals surface area contributed by atoms with E-state index in [2.05, 4.69) is 4.74 Å². The van der Waals surface area contributed by atoms with Gasteiger partial charge in [-0.15, -0.1) is 0 Å². The molecule has 0 N–H and O–H groups in total. The second-order valence-electron chi connectivity index (χ2n) is 2.48. The Labute approximate surface area is 109 Å². The third-order valence-electron chi connectivity index (χ3n) is 1.59. The molecule has 0 aliphatic carbocycles. The molecule has 0 aliphatic heterocycles. The van der Waals surface area contributed by atoms with E-state index in [1.165, 1.54) is 19.2 Å². The van der Waals surface area contributed by atoms with Gasteiger partial charge in [0.05, 0.1) is 12.0 Å². The monoisotopic (exact) mass is 238 g/mol. The Morgan fingerprint density at radius 1 is 1.40 bits per heavy atom. The average molecular weight is 238 g/mol. The van der Waals surface area contributed by atoms with Gasteiger partial charge in [-0.1, -0.05) is 0 Å². The van der Waals surface area contributed by atoms with Crippen LogP contribution in [-0.4, -0.2) is 26.4 Å². The molecule has 0 saturated carbocycles. The molecule has 0 unspecified atom stereocenters. The SMILES string of the molecule is COc1ccc(C=O)cc1S(=O)(=O)[O-].[Na+]. The first-order chi connectivity index (χ1) is 6.49. The van der Waals surface area contributed by atoms with Crippen molar-refractivity contribution >= 4 is 16.4 Å². The van der Waals surface area contributed by atoms with Gasteiger partial charge in [0.1, 0.15) is 22.2 Å². The van der Waals surface area contributed by atoms with Crippen molar-refractivity contribution in [2.75, 3.05) is 7.11 Å². The molecule has 76 valence electrons. The van der Waals surface area contributed by atoms with Crippen molar-refractivity contribution in [3.05, 3.63) is 23.8 Å². The maximum Gasteiger partial charge on any atom is 1.00 e. The molecule has 0 spiro atoms. The van der Waals surface area contributed by atoms with Crippen molar-refractivity contribution in [2.24, 2.45) is 0 Å². The van der Waals surface area contributed by atoms with Gasteiger partial charge in [-0.05, 0) is 18.2 Å². The predicted molar refractivity (Wildman–Crippen MR) is 46.3 cm³/mol. The number of hydrogen-bond donors (Lipinski definition) is 0. The van der Waals surface area contributed by atoms with Crippen LogP contribution in [-0.2, 0) is 10.1 Å². The van der Waals surface area contributed by atoms with Crippen LogP contribution in [0.3, 0.4) is 0 Å². The van der Waals surface area contributed by atoms with Crippen LogP contribution in [0.4, 0.5) is 0 Å². The quantitative estimate of drug-likeness (QED) is 0.328. The van der Waals surface area contributed by atoms with Gasteiger partial charge < -0.3 is 9.29 Å². The van der Waals surface area contributed by atoms with Gasteiger partial charge in [0, 0.05) is 5.56 Å². The summed E-state index contributed by atoms with van der Waals surface area (Å²) < 4.78 is 36.9. The predicted octanol–water partition coefficient (Wildman–Crippen LogP) is -2.58. The van der Waals surface area contributed by atoms with Gasteiger partial charge >= 0.3 is 29.6 Å². The van der Waals surface area contributed by atoms with Crippen molar-refractivity contribution in [3.8, 4) is 5.75 Å². The Bertz CT molecular complexity index is 454. The topological polar surface area (TPSA) is 83.5 Å². The Hall–Kier alpha value is -0.400. The van der Waals surface area contributed by atoms with Crippen LogP contribution in [0.1, 0.15) is 10.4 Å². The van der Waals surface area contributed by atoms with Crippen LogP contribution in [0.2, 0.25) is 0 Å². The maximum atomic E-state index is 10.7. The van der Waals surface area contributed by atoms with Gasteiger partial charge in [0.2, 0.25) is 0 Å². The van der Waals surface area contributed by atoms with E-state index < -0.39 is 15.0 Å². The first kappa shape index (κ1) is 14.6. The summed E-state index contributed by atoms with van der Waals surface area (Å²) in [6.07, 6.45) is 0.453. The number of carbonyl (C=O) groups is 1. The Kier molecular flexibility index (Phi) is 5.47.